The summed E-state index contributed by atoms with van der Waals surface area (Å²) in [6, 6.07) is 0. The molecule has 1 aliphatic rings. The first kappa shape index (κ1) is 12.8. The van der Waals surface area contributed by atoms with Crippen molar-refractivity contribution in [1.82, 2.24) is 10.2 Å². The number of rotatable bonds is 0. The molecule has 1 unspecified atom stereocenters. The summed E-state index contributed by atoms with van der Waals surface area (Å²) in [6.45, 7) is 9.28. The van der Waals surface area contributed by atoms with E-state index in [-0.39, 0.29) is 0 Å². The Bertz CT molecular complexity index is 220. The van der Waals surface area contributed by atoms with Gasteiger partial charge in [0.05, 0.1) is 0 Å². The first-order valence-corrected chi connectivity index (χ1v) is 6.32. The van der Waals surface area contributed by atoms with E-state index in [1.165, 1.54) is 19.3 Å². The monoisotopic (exact) mass is 228 g/mol. The standard InChI is InChI=1S/C12H24N2S/c1-12(2,3)10-6-5-8-14(9-7-10)11(15)13-4/h10H,5-9H2,1-4H3,(H,13,15). The quantitative estimate of drug-likeness (QED) is 0.642. The van der Waals surface area contributed by atoms with Crippen LogP contribution < -0.4 is 5.32 Å². The molecule has 2 nitrogen and oxygen atoms in total. The number of hydrogen-bond donors (Lipinski definition) is 1. The summed E-state index contributed by atoms with van der Waals surface area (Å²) in [5.41, 5.74) is 0.442. The minimum atomic E-state index is 0.442. The van der Waals surface area contributed by atoms with Gasteiger partial charge in [-0.3, -0.25) is 0 Å². The predicted molar refractivity (Wildman–Crippen MR) is 70.0 cm³/mol. The number of likely N-dealkylation sites (tertiary alicyclic amines) is 1. The summed E-state index contributed by atoms with van der Waals surface area (Å²) in [5.74, 6) is 0.835. The van der Waals surface area contributed by atoms with Crippen molar-refractivity contribution in [3.05, 3.63) is 0 Å². The lowest BCUT2D eigenvalue weighted by molar-refractivity contribution is 0.216. The summed E-state index contributed by atoms with van der Waals surface area (Å²) in [4.78, 5) is 2.31. The van der Waals surface area contributed by atoms with Crippen LogP contribution in [0.2, 0.25) is 0 Å². The second-order valence-corrected chi connectivity index (χ2v) is 5.92. The molecule has 1 heterocycles. The highest BCUT2D eigenvalue weighted by Gasteiger charge is 2.27. The van der Waals surface area contributed by atoms with Crippen molar-refractivity contribution in [3.63, 3.8) is 0 Å². The van der Waals surface area contributed by atoms with Gasteiger partial charge in [-0.05, 0) is 42.8 Å². The Hall–Kier alpha value is -0.310. The minimum absolute atomic E-state index is 0.442. The Morgan fingerprint density at radius 2 is 1.93 bits per heavy atom. The second-order valence-electron chi connectivity index (χ2n) is 5.54. The maximum absolute atomic E-state index is 5.28. The highest BCUT2D eigenvalue weighted by Crippen LogP contribution is 2.34. The van der Waals surface area contributed by atoms with Crippen molar-refractivity contribution in [1.29, 1.82) is 0 Å². The SMILES string of the molecule is CNC(=S)N1CCCC(C(C)(C)C)CC1. The van der Waals surface area contributed by atoms with Crippen LogP contribution >= 0.6 is 12.2 Å². The zero-order chi connectivity index (χ0) is 11.5. The molecule has 0 aromatic rings. The molecule has 88 valence electrons. The van der Waals surface area contributed by atoms with Crippen LogP contribution in [0.5, 0.6) is 0 Å². The normalized spacial score (nSPS) is 23.5. The fourth-order valence-corrected chi connectivity index (χ4v) is 2.51. The van der Waals surface area contributed by atoms with Gasteiger partial charge in [-0.2, -0.15) is 0 Å². The zero-order valence-electron chi connectivity index (χ0n) is 10.5. The average molecular weight is 228 g/mol. The Morgan fingerprint density at radius 3 is 2.47 bits per heavy atom. The van der Waals surface area contributed by atoms with Crippen molar-refractivity contribution in [2.45, 2.75) is 40.0 Å². The second kappa shape index (κ2) is 5.15. The van der Waals surface area contributed by atoms with E-state index >= 15 is 0 Å². The van der Waals surface area contributed by atoms with E-state index in [0.717, 1.165) is 24.1 Å². The summed E-state index contributed by atoms with van der Waals surface area (Å²) in [7, 11) is 1.91. The van der Waals surface area contributed by atoms with Crippen LogP contribution in [0.25, 0.3) is 0 Å². The molecule has 0 aromatic carbocycles. The van der Waals surface area contributed by atoms with E-state index < -0.39 is 0 Å². The molecule has 15 heavy (non-hydrogen) atoms. The van der Waals surface area contributed by atoms with Crippen molar-refractivity contribution in [3.8, 4) is 0 Å². The Labute approximate surface area is 99.4 Å². The van der Waals surface area contributed by atoms with Gasteiger partial charge in [-0.15, -0.1) is 0 Å². The Morgan fingerprint density at radius 1 is 1.27 bits per heavy atom. The van der Waals surface area contributed by atoms with Gasteiger partial charge < -0.3 is 10.2 Å². The third-order valence-corrected chi connectivity index (χ3v) is 3.92. The highest BCUT2D eigenvalue weighted by molar-refractivity contribution is 7.80. The van der Waals surface area contributed by atoms with E-state index in [0.29, 0.717) is 5.41 Å². The number of hydrogen-bond acceptors (Lipinski definition) is 1. The van der Waals surface area contributed by atoms with E-state index in [9.17, 15) is 0 Å². The molecule has 0 radical (unpaired) electrons. The van der Waals surface area contributed by atoms with Crippen molar-refractivity contribution < 1.29 is 0 Å². The summed E-state index contributed by atoms with van der Waals surface area (Å²) in [6.07, 6.45) is 3.88. The van der Waals surface area contributed by atoms with Crippen LogP contribution in [0.3, 0.4) is 0 Å². The van der Waals surface area contributed by atoms with Crippen LogP contribution in [0, 0.1) is 11.3 Å². The van der Waals surface area contributed by atoms with Gasteiger partial charge in [0.25, 0.3) is 0 Å². The van der Waals surface area contributed by atoms with E-state index in [2.05, 4.69) is 31.0 Å². The summed E-state index contributed by atoms with van der Waals surface area (Å²) in [5, 5.41) is 3.98. The molecular weight excluding hydrogens is 204 g/mol. The third kappa shape index (κ3) is 3.63. The molecular formula is C12H24N2S. The number of nitrogens with one attached hydrogen (secondary N) is 1. The first-order valence-electron chi connectivity index (χ1n) is 5.92. The molecule has 1 saturated heterocycles. The lowest BCUT2D eigenvalue weighted by Gasteiger charge is -2.30. The molecule has 1 rings (SSSR count). The molecule has 0 aliphatic carbocycles. The van der Waals surface area contributed by atoms with Gasteiger partial charge in [-0.25, -0.2) is 0 Å². The van der Waals surface area contributed by atoms with Crippen molar-refractivity contribution >= 4 is 17.3 Å². The largest absolute Gasteiger partial charge is 0.366 e. The number of thiocarbonyl (C=S) groups is 1. The molecule has 0 aromatic heterocycles. The Balaban J connectivity index is 2.52. The molecule has 0 bridgehead atoms. The first-order chi connectivity index (χ1) is 6.95. The van der Waals surface area contributed by atoms with Crippen molar-refractivity contribution in [2.24, 2.45) is 11.3 Å². The van der Waals surface area contributed by atoms with E-state index in [1.807, 2.05) is 7.05 Å². The Kier molecular flexibility index (Phi) is 4.38. The zero-order valence-corrected chi connectivity index (χ0v) is 11.3. The maximum Gasteiger partial charge on any atom is 0.168 e. The predicted octanol–water partition coefficient (Wildman–Crippen LogP) is 2.64. The molecule has 1 fully saturated rings. The van der Waals surface area contributed by atoms with Gasteiger partial charge in [0, 0.05) is 20.1 Å². The van der Waals surface area contributed by atoms with Gasteiger partial charge >= 0.3 is 0 Å². The van der Waals surface area contributed by atoms with Crippen molar-refractivity contribution in [2.75, 3.05) is 20.1 Å². The van der Waals surface area contributed by atoms with E-state index in [1.54, 1.807) is 0 Å². The number of nitrogens with zero attached hydrogens (tertiary/aromatic N) is 1. The van der Waals surface area contributed by atoms with Gasteiger partial charge in [0.2, 0.25) is 0 Å². The smallest absolute Gasteiger partial charge is 0.168 e. The van der Waals surface area contributed by atoms with E-state index in [4.69, 9.17) is 12.2 Å². The molecule has 1 N–H and O–H groups in total. The fraction of sp³-hybridized carbons (Fsp3) is 0.917. The molecule has 3 heteroatoms. The molecule has 0 spiro atoms. The third-order valence-electron chi connectivity index (χ3n) is 3.45. The fourth-order valence-electron chi connectivity index (χ4n) is 2.32. The van der Waals surface area contributed by atoms with Crippen LogP contribution in [0.15, 0.2) is 0 Å². The summed E-state index contributed by atoms with van der Waals surface area (Å²) >= 11 is 5.28. The maximum atomic E-state index is 5.28. The topological polar surface area (TPSA) is 15.3 Å². The highest BCUT2D eigenvalue weighted by atomic mass is 32.1. The molecule has 1 atom stereocenters. The van der Waals surface area contributed by atoms with Gasteiger partial charge in [0.15, 0.2) is 5.11 Å². The molecule has 0 saturated carbocycles. The van der Waals surface area contributed by atoms with Gasteiger partial charge in [-0.1, -0.05) is 20.8 Å². The van der Waals surface area contributed by atoms with Crippen LogP contribution in [0.4, 0.5) is 0 Å². The van der Waals surface area contributed by atoms with Crippen LogP contribution in [-0.2, 0) is 0 Å². The lowest BCUT2D eigenvalue weighted by atomic mass is 9.77. The average Bonchev–Trinajstić information content (AvgIpc) is 2.40. The molecule has 1 aliphatic heterocycles. The van der Waals surface area contributed by atoms with Gasteiger partial charge in [0.1, 0.15) is 0 Å². The lowest BCUT2D eigenvalue weighted by Crippen LogP contribution is -2.38. The summed E-state index contributed by atoms with van der Waals surface area (Å²) < 4.78 is 0. The van der Waals surface area contributed by atoms with Crippen LogP contribution in [0.1, 0.15) is 40.0 Å². The minimum Gasteiger partial charge on any atom is -0.366 e. The molecule has 0 amide bonds. The van der Waals surface area contributed by atoms with Crippen LogP contribution in [-0.4, -0.2) is 30.1 Å².